The fourth-order valence-electron chi connectivity index (χ4n) is 2.43. The Bertz CT molecular complexity index is 717. The summed E-state index contributed by atoms with van der Waals surface area (Å²) in [5.74, 6) is 0.889. The van der Waals surface area contributed by atoms with Gasteiger partial charge in [-0.2, -0.15) is 0 Å². The van der Waals surface area contributed by atoms with Gasteiger partial charge in [-0.15, -0.1) is 0 Å². The number of ether oxygens (including phenoxy) is 1. The maximum atomic E-state index is 5.16. The van der Waals surface area contributed by atoms with Crippen LogP contribution >= 0.6 is 0 Å². The van der Waals surface area contributed by atoms with Crippen molar-refractivity contribution in [1.29, 1.82) is 0 Å². The normalized spacial score (nSPS) is 10.7. The lowest BCUT2D eigenvalue weighted by Gasteiger charge is -2.08. The molecule has 3 heteroatoms. The van der Waals surface area contributed by atoms with Crippen LogP contribution in [0, 0.1) is 0 Å². The highest BCUT2D eigenvalue weighted by Gasteiger charge is 2.00. The average molecular weight is 278 g/mol. The maximum absolute atomic E-state index is 5.16. The molecule has 21 heavy (non-hydrogen) atoms. The molecule has 0 radical (unpaired) electrons. The number of nitrogens with zero attached hydrogens (tertiary/aromatic N) is 1. The zero-order chi connectivity index (χ0) is 14.5. The monoisotopic (exact) mass is 278 g/mol. The Morgan fingerprint density at radius 3 is 2.67 bits per heavy atom. The van der Waals surface area contributed by atoms with E-state index in [0.717, 1.165) is 18.8 Å². The van der Waals surface area contributed by atoms with Crippen LogP contribution in [0.5, 0.6) is 5.75 Å². The third kappa shape index (κ3) is 3.20. The molecule has 1 heterocycles. The minimum absolute atomic E-state index is 0.839. The SMILES string of the molecule is COc1ccc(CNCc2cccc3cnccc23)cc1. The summed E-state index contributed by atoms with van der Waals surface area (Å²) in [7, 11) is 1.68. The minimum atomic E-state index is 0.839. The summed E-state index contributed by atoms with van der Waals surface area (Å²) in [6.45, 7) is 1.68. The van der Waals surface area contributed by atoms with Gasteiger partial charge in [-0.1, -0.05) is 30.3 Å². The van der Waals surface area contributed by atoms with Gasteiger partial charge in [-0.05, 0) is 34.7 Å². The summed E-state index contributed by atoms with van der Waals surface area (Å²) in [5, 5.41) is 5.93. The van der Waals surface area contributed by atoms with Crippen LogP contribution in [-0.4, -0.2) is 12.1 Å². The third-order valence-corrected chi connectivity index (χ3v) is 3.57. The largest absolute Gasteiger partial charge is 0.497 e. The predicted octanol–water partition coefficient (Wildman–Crippen LogP) is 3.53. The fraction of sp³-hybridized carbons (Fsp3) is 0.167. The molecular formula is C18H18N2O. The Hall–Kier alpha value is -2.39. The molecule has 3 aromatic rings. The molecule has 0 atom stereocenters. The summed E-state index contributed by atoms with van der Waals surface area (Å²) in [5.41, 5.74) is 2.54. The number of hydrogen-bond donors (Lipinski definition) is 1. The van der Waals surface area contributed by atoms with Gasteiger partial charge in [0.25, 0.3) is 0 Å². The van der Waals surface area contributed by atoms with Crippen LogP contribution in [0.2, 0.25) is 0 Å². The molecule has 0 saturated carbocycles. The maximum Gasteiger partial charge on any atom is 0.118 e. The predicted molar refractivity (Wildman–Crippen MR) is 85.3 cm³/mol. The zero-order valence-electron chi connectivity index (χ0n) is 12.0. The van der Waals surface area contributed by atoms with E-state index >= 15 is 0 Å². The number of fused-ring (bicyclic) bond motifs is 1. The minimum Gasteiger partial charge on any atom is -0.497 e. The number of methoxy groups -OCH3 is 1. The summed E-state index contributed by atoms with van der Waals surface area (Å²) in [6.07, 6.45) is 3.75. The van der Waals surface area contributed by atoms with Crippen LogP contribution in [0.15, 0.2) is 60.9 Å². The van der Waals surface area contributed by atoms with Gasteiger partial charge in [0.1, 0.15) is 5.75 Å². The summed E-state index contributed by atoms with van der Waals surface area (Å²) in [6, 6.07) is 16.5. The number of pyridine rings is 1. The number of rotatable bonds is 5. The molecule has 0 unspecified atom stereocenters. The molecule has 0 aliphatic rings. The lowest BCUT2D eigenvalue weighted by atomic mass is 10.1. The van der Waals surface area contributed by atoms with Gasteiger partial charge < -0.3 is 10.1 Å². The quantitative estimate of drug-likeness (QED) is 0.775. The second-order valence-corrected chi connectivity index (χ2v) is 4.97. The van der Waals surface area contributed by atoms with Crippen LogP contribution in [0.25, 0.3) is 10.8 Å². The van der Waals surface area contributed by atoms with Crippen LogP contribution in [-0.2, 0) is 13.1 Å². The lowest BCUT2D eigenvalue weighted by Crippen LogP contribution is -2.12. The number of hydrogen-bond acceptors (Lipinski definition) is 3. The first-order chi connectivity index (χ1) is 10.4. The van der Waals surface area contributed by atoms with E-state index in [-0.39, 0.29) is 0 Å². The third-order valence-electron chi connectivity index (χ3n) is 3.57. The second-order valence-electron chi connectivity index (χ2n) is 4.97. The zero-order valence-corrected chi connectivity index (χ0v) is 12.0. The lowest BCUT2D eigenvalue weighted by molar-refractivity contribution is 0.414. The van der Waals surface area contributed by atoms with E-state index < -0.39 is 0 Å². The Kier molecular flexibility index (Phi) is 4.12. The standard InChI is InChI=1S/C18H18N2O/c1-21-17-7-5-14(6-8-17)11-20-13-16-4-2-3-15-12-19-10-9-18(15)16/h2-10,12,20H,11,13H2,1H3. The molecule has 0 aliphatic carbocycles. The van der Waals surface area contributed by atoms with E-state index in [9.17, 15) is 0 Å². The molecule has 0 saturated heterocycles. The molecule has 0 amide bonds. The summed E-state index contributed by atoms with van der Waals surface area (Å²) < 4.78 is 5.16. The molecule has 0 aliphatic heterocycles. The molecule has 2 aromatic carbocycles. The first-order valence-electron chi connectivity index (χ1n) is 7.02. The second kappa shape index (κ2) is 6.37. The van der Waals surface area contributed by atoms with Crippen molar-refractivity contribution in [2.45, 2.75) is 13.1 Å². The van der Waals surface area contributed by atoms with Crippen molar-refractivity contribution < 1.29 is 4.74 Å². The Morgan fingerprint density at radius 1 is 1.00 bits per heavy atom. The van der Waals surface area contributed by atoms with Gasteiger partial charge in [0.2, 0.25) is 0 Å². The van der Waals surface area contributed by atoms with Crippen LogP contribution in [0.1, 0.15) is 11.1 Å². The number of benzene rings is 2. The summed E-state index contributed by atoms with van der Waals surface area (Å²) in [4.78, 5) is 4.17. The van der Waals surface area contributed by atoms with E-state index in [1.54, 1.807) is 7.11 Å². The van der Waals surface area contributed by atoms with Crippen molar-refractivity contribution in [1.82, 2.24) is 10.3 Å². The van der Waals surface area contributed by atoms with Crippen molar-refractivity contribution in [2.24, 2.45) is 0 Å². The molecular weight excluding hydrogens is 260 g/mol. The van der Waals surface area contributed by atoms with Crippen LogP contribution in [0.4, 0.5) is 0 Å². The number of nitrogens with one attached hydrogen (secondary N) is 1. The van der Waals surface area contributed by atoms with Crippen molar-refractivity contribution in [3.63, 3.8) is 0 Å². The van der Waals surface area contributed by atoms with Crippen molar-refractivity contribution in [3.8, 4) is 5.75 Å². The van der Waals surface area contributed by atoms with Gasteiger partial charge in [-0.3, -0.25) is 4.98 Å². The molecule has 0 spiro atoms. The molecule has 1 aromatic heterocycles. The van der Waals surface area contributed by atoms with Crippen LogP contribution in [0.3, 0.4) is 0 Å². The van der Waals surface area contributed by atoms with Gasteiger partial charge >= 0.3 is 0 Å². The summed E-state index contributed by atoms with van der Waals surface area (Å²) >= 11 is 0. The van der Waals surface area contributed by atoms with Gasteiger partial charge in [-0.25, -0.2) is 0 Å². The molecule has 3 nitrogen and oxygen atoms in total. The van der Waals surface area contributed by atoms with Crippen molar-refractivity contribution >= 4 is 10.8 Å². The highest BCUT2D eigenvalue weighted by Crippen LogP contribution is 2.17. The molecule has 0 bridgehead atoms. The first-order valence-corrected chi connectivity index (χ1v) is 7.02. The molecule has 3 rings (SSSR count). The number of aromatic nitrogens is 1. The molecule has 1 N–H and O–H groups in total. The van der Waals surface area contributed by atoms with E-state index in [1.165, 1.54) is 21.9 Å². The van der Waals surface area contributed by atoms with E-state index in [1.807, 2.05) is 24.5 Å². The van der Waals surface area contributed by atoms with Crippen molar-refractivity contribution in [2.75, 3.05) is 7.11 Å². The Labute approximate surface area is 124 Å². The highest BCUT2D eigenvalue weighted by molar-refractivity contribution is 5.84. The van der Waals surface area contributed by atoms with Gasteiger partial charge in [0, 0.05) is 30.9 Å². The fourth-order valence-corrected chi connectivity index (χ4v) is 2.43. The Balaban J connectivity index is 1.66. The van der Waals surface area contributed by atoms with Crippen molar-refractivity contribution in [3.05, 3.63) is 72.1 Å². The highest BCUT2D eigenvalue weighted by atomic mass is 16.5. The first kappa shape index (κ1) is 13.6. The molecule has 106 valence electrons. The van der Waals surface area contributed by atoms with Gasteiger partial charge in [0.15, 0.2) is 0 Å². The molecule has 0 fully saturated rings. The van der Waals surface area contributed by atoms with E-state index in [0.29, 0.717) is 0 Å². The van der Waals surface area contributed by atoms with Crippen LogP contribution < -0.4 is 10.1 Å². The topological polar surface area (TPSA) is 34.1 Å². The smallest absolute Gasteiger partial charge is 0.118 e. The van der Waals surface area contributed by atoms with Gasteiger partial charge in [0.05, 0.1) is 7.11 Å². The van der Waals surface area contributed by atoms with E-state index in [2.05, 4.69) is 46.7 Å². The Morgan fingerprint density at radius 2 is 1.86 bits per heavy atom. The average Bonchev–Trinajstić information content (AvgIpc) is 2.56. The van der Waals surface area contributed by atoms with E-state index in [4.69, 9.17) is 4.74 Å².